The van der Waals surface area contributed by atoms with Crippen LogP contribution in [0.2, 0.25) is 0 Å². The number of hydrogen-bond donors (Lipinski definition) is 2. The van der Waals surface area contributed by atoms with E-state index in [1.54, 1.807) is 10.7 Å². The molecule has 0 saturated heterocycles. The quantitative estimate of drug-likeness (QED) is 0.697. The van der Waals surface area contributed by atoms with Crippen molar-refractivity contribution in [3.63, 3.8) is 0 Å². The predicted octanol–water partition coefficient (Wildman–Crippen LogP) is 3.00. The highest BCUT2D eigenvalue weighted by atomic mass is 19.1. The van der Waals surface area contributed by atoms with Gasteiger partial charge < -0.3 is 10.6 Å². The van der Waals surface area contributed by atoms with Gasteiger partial charge in [-0.25, -0.2) is 13.5 Å². The van der Waals surface area contributed by atoms with E-state index in [0.717, 1.165) is 36.6 Å². The fraction of sp³-hybridized carbons (Fsp3) is 0.222. The first-order valence-electron chi connectivity index (χ1n) is 8.47. The van der Waals surface area contributed by atoms with Crippen molar-refractivity contribution in [2.45, 2.75) is 18.9 Å². The van der Waals surface area contributed by atoms with Gasteiger partial charge in [-0.2, -0.15) is 0 Å². The van der Waals surface area contributed by atoms with Gasteiger partial charge in [0.2, 0.25) is 5.91 Å². The van der Waals surface area contributed by atoms with Crippen LogP contribution >= 0.6 is 0 Å². The molecule has 27 heavy (non-hydrogen) atoms. The van der Waals surface area contributed by atoms with Crippen LogP contribution in [0, 0.1) is 11.6 Å². The summed E-state index contributed by atoms with van der Waals surface area (Å²) in [5.41, 5.74) is 1.32. The SMILES string of the molecule is O=C(CNc1cccc(-c2nnnn2C2CC2)c1)Nc1cc(F)ccc1F. The molecular formula is C18H16F2N6O. The molecule has 1 fully saturated rings. The highest BCUT2D eigenvalue weighted by Crippen LogP contribution is 2.36. The average molecular weight is 370 g/mol. The Morgan fingerprint density at radius 2 is 2.04 bits per heavy atom. The van der Waals surface area contributed by atoms with Crippen LogP contribution in [0.25, 0.3) is 11.4 Å². The molecule has 1 heterocycles. The van der Waals surface area contributed by atoms with Crippen LogP contribution in [0.5, 0.6) is 0 Å². The van der Waals surface area contributed by atoms with Crippen molar-refractivity contribution in [2.24, 2.45) is 0 Å². The summed E-state index contributed by atoms with van der Waals surface area (Å²) in [5, 5.41) is 17.1. The number of hydrogen-bond acceptors (Lipinski definition) is 5. The highest BCUT2D eigenvalue weighted by molar-refractivity contribution is 5.93. The van der Waals surface area contributed by atoms with Crippen LogP contribution < -0.4 is 10.6 Å². The summed E-state index contributed by atoms with van der Waals surface area (Å²) in [6, 6.07) is 10.6. The maximum Gasteiger partial charge on any atom is 0.243 e. The predicted molar refractivity (Wildman–Crippen MR) is 95.0 cm³/mol. The van der Waals surface area contributed by atoms with E-state index in [9.17, 15) is 13.6 Å². The first kappa shape index (κ1) is 17.1. The second-order valence-corrected chi connectivity index (χ2v) is 6.28. The van der Waals surface area contributed by atoms with Gasteiger partial charge in [-0.15, -0.1) is 5.10 Å². The molecule has 2 N–H and O–H groups in total. The zero-order valence-corrected chi connectivity index (χ0v) is 14.2. The number of halogens is 2. The first-order chi connectivity index (χ1) is 13.1. The monoisotopic (exact) mass is 370 g/mol. The lowest BCUT2D eigenvalue weighted by Crippen LogP contribution is -2.22. The zero-order valence-electron chi connectivity index (χ0n) is 14.2. The minimum Gasteiger partial charge on any atom is -0.376 e. The van der Waals surface area contributed by atoms with E-state index in [-0.39, 0.29) is 12.2 Å². The molecule has 0 spiro atoms. The Kier molecular flexibility index (Phi) is 4.49. The minimum absolute atomic E-state index is 0.104. The third-order valence-electron chi connectivity index (χ3n) is 4.16. The van der Waals surface area contributed by atoms with Crippen molar-refractivity contribution in [1.29, 1.82) is 0 Å². The smallest absolute Gasteiger partial charge is 0.243 e. The van der Waals surface area contributed by atoms with Gasteiger partial charge in [-0.05, 0) is 47.5 Å². The Labute approximate surface area is 153 Å². The fourth-order valence-corrected chi connectivity index (χ4v) is 2.69. The van der Waals surface area contributed by atoms with Crippen molar-refractivity contribution >= 4 is 17.3 Å². The average Bonchev–Trinajstić information content (AvgIpc) is 3.40. The number of carbonyl (C=O) groups is 1. The Balaban J connectivity index is 1.42. The summed E-state index contributed by atoms with van der Waals surface area (Å²) >= 11 is 0. The number of amides is 1. The zero-order chi connectivity index (χ0) is 18.8. The van der Waals surface area contributed by atoms with Crippen molar-refractivity contribution in [3.05, 3.63) is 54.1 Å². The highest BCUT2D eigenvalue weighted by Gasteiger charge is 2.28. The number of anilines is 2. The van der Waals surface area contributed by atoms with E-state index in [2.05, 4.69) is 26.2 Å². The second-order valence-electron chi connectivity index (χ2n) is 6.28. The lowest BCUT2D eigenvalue weighted by molar-refractivity contribution is -0.114. The molecule has 0 radical (unpaired) electrons. The lowest BCUT2D eigenvalue weighted by Gasteiger charge is -2.10. The molecule has 1 aliphatic carbocycles. The summed E-state index contributed by atoms with van der Waals surface area (Å²) < 4.78 is 28.6. The Morgan fingerprint density at radius 1 is 1.19 bits per heavy atom. The Bertz CT molecular complexity index is 985. The Morgan fingerprint density at radius 3 is 2.85 bits per heavy atom. The number of carbonyl (C=O) groups excluding carboxylic acids is 1. The van der Waals surface area contributed by atoms with Crippen molar-refractivity contribution < 1.29 is 13.6 Å². The van der Waals surface area contributed by atoms with Gasteiger partial charge in [0.15, 0.2) is 5.82 Å². The van der Waals surface area contributed by atoms with Gasteiger partial charge in [0, 0.05) is 17.3 Å². The lowest BCUT2D eigenvalue weighted by atomic mass is 10.2. The summed E-state index contributed by atoms with van der Waals surface area (Å²) in [7, 11) is 0. The van der Waals surface area contributed by atoms with Gasteiger partial charge in [-0.3, -0.25) is 4.79 Å². The third-order valence-corrected chi connectivity index (χ3v) is 4.16. The van der Waals surface area contributed by atoms with E-state index in [1.165, 1.54) is 0 Å². The number of rotatable bonds is 6. The topological polar surface area (TPSA) is 84.7 Å². The fourth-order valence-electron chi connectivity index (χ4n) is 2.69. The standard InChI is InChI=1S/C18H16F2N6O/c19-12-4-7-15(20)16(9-12)22-17(27)10-21-13-3-1-2-11(8-13)18-23-24-25-26(18)14-5-6-14/h1-4,7-9,14,21H,5-6,10H2,(H,22,27). The molecule has 9 heteroatoms. The van der Waals surface area contributed by atoms with Gasteiger partial charge in [0.1, 0.15) is 11.6 Å². The molecule has 0 bridgehead atoms. The number of nitrogens with one attached hydrogen (secondary N) is 2. The van der Waals surface area contributed by atoms with Crippen LogP contribution in [0.15, 0.2) is 42.5 Å². The van der Waals surface area contributed by atoms with Crippen LogP contribution in [0.1, 0.15) is 18.9 Å². The number of nitrogens with zero attached hydrogens (tertiary/aromatic N) is 4. The minimum atomic E-state index is -0.696. The van der Waals surface area contributed by atoms with E-state index < -0.39 is 17.5 Å². The molecule has 0 unspecified atom stereocenters. The number of aromatic nitrogens is 4. The van der Waals surface area contributed by atoms with E-state index in [0.29, 0.717) is 17.6 Å². The molecule has 1 amide bonds. The van der Waals surface area contributed by atoms with Crippen LogP contribution in [-0.2, 0) is 4.79 Å². The summed E-state index contributed by atoms with van der Waals surface area (Å²) in [5.74, 6) is -1.14. The summed E-state index contributed by atoms with van der Waals surface area (Å²) in [4.78, 5) is 12.0. The molecule has 4 rings (SSSR count). The van der Waals surface area contributed by atoms with Gasteiger partial charge in [0.05, 0.1) is 18.3 Å². The van der Waals surface area contributed by atoms with Crippen molar-refractivity contribution in [2.75, 3.05) is 17.2 Å². The van der Waals surface area contributed by atoms with Gasteiger partial charge in [-0.1, -0.05) is 12.1 Å². The molecule has 1 aromatic heterocycles. The van der Waals surface area contributed by atoms with Crippen LogP contribution in [-0.4, -0.2) is 32.7 Å². The molecule has 1 aliphatic rings. The number of tetrazole rings is 1. The van der Waals surface area contributed by atoms with Crippen LogP contribution in [0.3, 0.4) is 0 Å². The normalized spacial score (nSPS) is 13.4. The Hall–Kier alpha value is -3.36. The summed E-state index contributed by atoms with van der Waals surface area (Å²) in [6.07, 6.45) is 2.12. The molecule has 3 aromatic rings. The molecule has 7 nitrogen and oxygen atoms in total. The molecule has 0 atom stereocenters. The van der Waals surface area contributed by atoms with Crippen molar-refractivity contribution in [1.82, 2.24) is 20.2 Å². The van der Waals surface area contributed by atoms with Gasteiger partial charge in [0.25, 0.3) is 0 Å². The molecule has 138 valence electrons. The van der Waals surface area contributed by atoms with Crippen molar-refractivity contribution in [3.8, 4) is 11.4 Å². The van der Waals surface area contributed by atoms with E-state index in [4.69, 9.17) is 0 Å². The largest absolute Gasteiger partial charge is 0.376 e. The molecular weight excluding hydrogens is 354 g/mol. The van der Waals surface area contributed by atoms with Gasteiger partial charge >= 0.3 is 0 Å². The molecule has 2 aromatic carbocycles. The maximum absolute atomic E-state index is 13.6. The molecule has 0 aliphatic heterocycles. The summed E-state index contributed by atoms with van der Waals surface area (Å²) in [6.45, 7) is -0.104. The number of benzene rings is 2. The van der Waals surface area contributed by atoms with E-state index >= 15 is 0 Å². The first-order valence-corrected chi connectivity index (χ1v) is 8.47. The van der Waals surface area contributed by atoms with Crippen LogP contribution in [0.4, 0.5) is 20.2 Å². The molecule has 1 saturated carbocycles. The second kappa shape index (κ2) is 7.10. The third kappa shape index (κ3) is 3.91. The van der Waals surface area contributed by atoms with E-state index in [1.807, 2.05) is 18.2 Å². The maximum atomic E-state index is 13.6.